The molecule has 0 radical (unpaired) electrons. The van der Waals surface area contributed by atoms with Crippen LogP contribution in [0.15, 0.2) is 24.7 Å². The smallest absolute Gasteiger partial charge is 0.323 e. The fourth-order valence-electron chi connectivity index (χ4n) is 1.53. The number of nitrogens with zero attached hydrogens (tertiary/aromatic N) is 4. The summed E-state index contributed by atoms with van der Waals surface area (Å²) in [5.41, 5.74) is 0. The first-order valence-electron chi connectivity index (χ1n) is 5.86. The lowest BCUT2D eigenvalue weighted by molar-refractivity contribution is -0.137. The van der Waals surface area contributed by atoms with E-state index in [2.05, 4.69) is 15.0 Å². The molecule has 2 aromatic heterocycles. The van der Waals surface area contributed by atoms with Crippen LogP contribution in [0.25, 0.3) is 10.8 Å². The van der Waals surface area contributed by atoms with E-state index in [9.17, 15) is 9.59 Å². The van der Waals surface area contributed by atoms with Gasteiger partial charge in [0, 0.05) is 18.9 Å². The number of carbonyl (C=O) groups is 2. The van der Waals surface area contributed by atoms with E-state index < -0.39 is 5.97 Å². The summed E-state index contributed by atoms with van der Waals surface area (Å²) in [7, 11) is 0. The fraction of sp³-hybridized carbons (Fsp3) is 0.250. The summed E-state index contributed by atoms with van der Waals surface area (Å²) in [4.78, 5) is 36.7. The molecule has 2 aromatic rings. The highest BCUT2D eigenvalue weighted by Crippen LogP contribution is 2.22. The lowest BCUT2D eigenvalue weighted by Crippen LogP contribution is -2.34. The lowest BCUT2D eigenvalue weighted by atomic mass is 10.4. The van der Waals surface area contributed by atoms with Crippen LogP contribution in [0.5, 0.6) is 0 Å². The van der Waals surface area contributed by atoms with Crippen LogP contribution in [0.1, 0.15) is 16.6 Å². The number of carboxylic acid groups (broad SMARTS) is 1. The second-order valence-electron chi connectivity index (χ2n) is 3.82. The Labute approximate surface area is 118 Å². The Morgan fingerprint density at radius 3 is 2.60 bits per heavy atom. The van der Waals surface area contributed by atoms with E-state index >= 15 is 0 Å². The minimum Gasteiger partial charge on any atom is -0.480 e. The highest BCUT2D eigenvalue weighted by atomic mass is 32.1. The average molecular weight is 292 g/mol. The first-order valence-corrected chi connectivity index (χ1v) is 6.67. The quantitative estimate of drug-likeness (QED) is 0.888. The van der Waals surface area contributed by atoms with Gasteiger partial charge in [-0.15, -0.1) is 11.3 Å². The molecule has 1 amide bonds. The van der Waals surface area contributed by atoms with E-state index in [1.54, 1.807) is 25.4 Å². The molecule has 104 valence electrons. The van der Waals surface area contributed by atoms with E-state index in [-0.39, 0.29) is 12.5 Å². The molecule has 1 N–H and O–H groups in total. The molecule has 0 saturated carbocycles. The van der Waals surface area contributed by atoms with Gasteiger partial charge in [-0.3, -0.25) is 9.59 Å². The molecule has 2 rings (SSSR count). The summed E-state index contributed by atoms with van der Waals surface area (Å²) >= 11 is 1.14. The summed E-state index contributed by atoms with van der Waals surface area (Å²) in [5, 5.41) is 9.30. The summed E-state index contributed by atoms with van der Waals surface area (Å²) in [6, 6.07) is 1.69. The predicted octanol–water partition coefficient (Wildman–Crippen LogP) is 1.15. The van der Waals surface area contributed by atoms with Gasteiger partial charge >= 0.3 is 5.97 Å². The molecule has 0 aromatic carbocycles. The molecule has 0 unspecified atom stereocenters. The highest BCUT2D eigenvalue weighted by molar-refractivity contribution is 7.16. The van der Waals surface area contributed by atoms with Crippen molar-refractivity contribution in [1.82, 2.24) is 19.9 Å². The SMILES string of the molecule is CCN(CC(=O)O)C(=O)c1cnc(-c2ncccn2)s1. The molecule has 0 aliphatic heterocycles. The summed E-state index contributed by atoms with van der Waals surface area (Å²) in [6.07, 6.45) is 4.60. The second-order valence-corrected chi connectivity index (χ2v) is 4.85. The van der Waals surface area contributed by atoms with Crippen molar-refractivity contribution in [2.75, 3.05) is 13.1 Å². The zero-order valence-corrected chi connectivity index (χ0v) is 11.5. The normalized spacial score (nSPS) is 10.2. The second kappa shape index (κ2) is 6.20. The summed E-state index contributed by atoms with van der Waals surface area (Å²) in [5.74, 6) is -0.955. The van der Waals surface area contributed by atoms with Gasteiger partial charge in [-0.25, -0.2) is 15.0 Å². The van der Waals surface area contributed by atoms with Crippen molar-refractivity contribution in [3.8, 4) is 10.8 Å². The van der Waals surface area contributed by atoms with Gasteiger partial charge < -0.3 is 10.0 Å². The number of aromatic nitrogens is 3. The molecule has 0 aliphatic carbocycles. The van der Waals surface area contributed by atoms with E-state index in [0.29, 0.717) is 22.3 Å². The van der Waals surface area contributed by atoms with Crippen LogP contribution in [0.4, 0.5) is 0 Å². The number of carbonyl (C=O) groups excluding carboxylic acids is 1. The minimum atomic E-state index is -1.05. The zero-order chi connectivity index (χ0) is 14.5. The minimum absolute atomic E-state index is 0.320. The van der Waals surface area contributed by atoms with Gasteiger partial charge in [0.05, 0.1) is 6.20 Å². The van der Waals surface area contributed by atoms with Crippen molar-refractivity contribution in [2.45, 2.75) is 6.92 Å². The molecule has 0 atom stereocenters. The van der Waals surface area contributed by atoms with E-state index in [0.717, 1.165) is 11.3 Å². The molecule has 0 saturated heterocycles. The summed E-state index contributed by atoms with van der Waals surface area (Å²) in [6.45, 7) is 1.72. The van der Waals surface area contributed by atoms with Gasteiger partial charge in [-0.05, 0) is 13.0 Å². The number of rotatable bonds is 5. The highest BCUT2D eigenvalue weighted by Gasteiger charge is 2.20. The van der Waals surface area contributed by atoms with Crippen LogP contribution in [0.3, 0.4) is 0 Å². The maximum Gasteiger partial charge on any atom is 0.323 e. The Kier molecular flexibility index (Phi) is 4.36. The van der Waals surface area contributed by atoms with Crippen molar-refractivity contribution in [3.05, 3.63) is 29.5 Å². The molecular weight excluding hydrogens is 280 g/mol. The summed E-state index contributed by atoms with van der Waals surface area (Å²) < 4.78 is 0. The monoisotopic (exact) mass is 292 g/mol. The Balaban J connectivity index is 2.20. The van der Waals surface area contributed by atoms with Crippen LogP contribution in [-0.2, 0) is 4.79 Å². The largest absolute Gasteiger partial charge is 0.480 e. The number of aliphatic carboxylic acids is 1. The molecule has 8 heteroatoms. The first-order chi connectivity index (χ1) is 9.61. The van der Waals surface area contributed by atoms with Crippen LogP contribution in [0, 0.1) is 0 Å². The van der Waals surface area contributed by atoms with Crippen molar-refractivity contribution < 1.29 is 14.7 Å². The zero-order valence-electron chi connectivity index (χ0n) is 10.7. The van der Waals surface area contributed by atoms with Crippen LogP contribution in [0.2, 0.25) is 0 Å². The molecular formula is C12H12N4O3S. The lowest BCUT2D eigenvalue weighted by Gasteiger charge is -2.16. The van der Waals surface area contributed by atoms with Crippen LogP contribution in [-0.4, -0.2) is 49.9 Å². The molecule has 0 spiro atoms. The van der Waals surface area contributed by atoms with Gasteiger partial charge in [-0.2, -0.15) is 0 Å². The number of likely N-dealkylation sites (N-methyl/N-ethyl adjacent to an activating group) is 1. The van der Waals surface area contributed by atoms with Crippen molar-refractivity contribution in [2.24, 2.45) is 0 Å². The van der Waals surface area contributed by atoms with Crippen molar-refractivity contribution in [1.29, 1.82) is 0 Å². The Hall–Kier alpha value is -2.35. The molecule has 20 heavy (non-hydrogen) atoms. The van der Waals surface area contributed by atoms with Crippen molar-refractivity contribution in [3.63, 3.8) is 0 Å². The Bertz CT molecular complexity index is 614. The fourth-order valence-corrected chi connectivity index (χ4v) is 2.36. The van der Waals surface area contributed by atoms with Gasteiger partial charge in [0.1, 0.15) is 11.4 Å². The number of hydrogen-bond donors (Lipinski definition) is 1. The third kappa shape index (κ3) is 3.15. The van der Waals surface area contributed by atoms with Crippen molar-refractivity contribution >= 4 is 23.2 Å². The topological polar surface area (TPSA) is 96.3 Å². The van der Waals surface area contributed by atoms with Gasteiger partial charge in [0.25, 0.3) is 5.91 Å². The van der Waals surface area contributed by atoms with Gasteiger partial charge in [0.15, 0.2) is 10.8 Å². The number of carboxylic acids is 1. The van der Waals surface area contributed by atoms with Crippen LogP contribution < -0.4 is 0 Å². The molecule has 0 fully saturated rings. The Morgan fingerprint density at radius 1 is 1.30 bits per heavy atom. The number of thiazole rings is 1. The first kappa shape index (κ1) is 14.1. The third-order valence-electron chi connectivity index (χ3n) is 2.47. The number of amides is 1. The third-order valence-corrected chi connectivity index (χ3v) is 3.45. The van der Waals surface area contributed by atoms with E-state index in [1.165, 1.54) is 11.1 Å². The molecule has 0 aliphatic rings. The molecule has 7 nitrogen and oxygen atoms in total. The standard InChI is InChI=1S/C12H12N4O3S/c1-2-16(7-9(17)18)12(19)8-6-15-11(20-8)10-13-4-3-5-14-10/h3-6H,2,7H2,1H3,(H,17,18). The maximum absolute atomic E-state index is 12.1. The molecule has 0 bridgehead atoms. The Morgan fingerprint density at radius 2 is 2.00 bits per heavy atom. The predicted molar refractivity (Wildman–Crippen MR) is 72.4 cm³/mol. The van der Waals surface area contributed by atoms with Gasteiger partial charge in [0.2, 0.25) is 0 Å². The average Bonchev–Trinajstić information content (AvgIpc) is 2.94. The van der Waals surface area contributed by atoms with Gasteiger partial charge in [-0.1, -0.05) is 0 Å². The maximum atomic E-state index is 12.1. The van der Waals surface area contributed by atoms with E-state index in [4.69, 9.17) is 5.11 Å². The van der Waals surface area contributed by atoms with Crippen LogP contribution >= 0.6 is 11.3 Å². The van der Waals surface area contributed by atoms with E-state index in [1.807, 2.05) is 0 Å². The number of hydrogen-bond acceptors (Lipinski definition) is 6. The molecule has 2 heterocycles.